The molecular formula is C28H29ClFN5O4. The zero-order valence-corrected chi connectivity index (χ0v) is 22.7. The van der Waals surface area contributed by atoms with Crippen LogP contribution in [0.3, 0.4) is 0 Å². The first kappa shape index (κ1) is 26.7. The van der Waals surface area contributed by atoms with Gasteiger partial charge in [-0.2, -0.15) is 9.97 Å². The fourth-order valence-corrected chi connectivity index (χ4v) is 5.54. The summed E-state index contributed by atoms with van der Waals surface area (Å²) in [6, 6.07) is 9.21. The molecule has 11 heteroatoms. The molecule has 2 aromatic carbocycles. The van der Waals surface area contributed by atoms with Crippen LogP contribution >= 0.6 is 11.6 Å². The Bertz CT molecular complexity index is 1470. The molecule has 1 saturated heterocycles. The number of methoxy groups -OCH3 is 2. The Hall–Kier alpha value is -3.92. The highest BCUT2D eigenvalue weighted by Gasteiger charge is 2.32. The van der Waals surface area contributed by atoms with Crippen molar-refractivity contribution in [2.75, 3.05) is 50.7 Å². The van der Waals surface area contributed by atoms with E-state index in [0.29, 0.717) is 38.0 Å². The monoisotopic (exact) mass is 553 g/mol. The van der Waals surface area contributed by atoms with Crippen molar-refractivity contribution in [3.05, 3.63) is 64.6 Å². The van der Waals surface area contributed by atoms with Crippen molar-refractivity contribution < 1.29 is 23.5 Å². The van der Waals surface area contributed by atoms with Gasteiger partial charge in [-0.25, -0.2) is 9.18 Å². The minimum absolute atomic E-state index is 0.0297. The summed E-state index contributed by atoms with van der Waals surface area (Å²) in [5.41, 5.74) is 2.69. The highest BCUT2D eigenvalue weighted by Crippen LogP contribution is 2.38. The molecule has 9 nitrogen and oxygen atoms in total. The Labute approximate surface area is 230 Å². The predicted octanol–water partition coefficient (Wildman–Crippen LogP) is 3.76. The molecule has 1 fully saturated rings. The van der Waals surface area contributed by atoms with E-state index in [4.69, 9.17) is 16.3 Å². The SMILES string of the molecule is COC(=O)/C=C/C(=O)N1CCC(N(C)c2nc(OC)nc3c2CCN(c2cccc4ccc(F)c(Cl)c24)C3)C1. The second-order valence-corrected chi connectivity index (χ2v) is 9.94. The molecule has 1 aromatic heterocycles. The lowest BCUT2D eigenvalue weighted by atomic mass is 10.0. The minimum Gasteiger partial charge on any atom is -0.467 e. The van der Waals surface area contributed by atoms with Crippen molar-refractivity contribution in [1.29, 1.82) is 0 Å². The van der Waals surface area contributed by atoms with Crippen LogP contribution in [0.1, 0.15) is 17.7 Å². The molecule has 39 heavy (non-hydrogen) atoms. The average molecular weight is 554 g/mol. The van der Waals surface area contributed by atoms with E-state index in [2.05, 4.69) is 24.5 Å². The van der Waals surface area contributed by atoms with Crippen molar-refractivity contribution in [3.8, 4) is 6.01 Å². The Morgan fingerprint density at radius 1 is 1.15 bits per heavy atom. The van der Waals surface area contributed by atoms with Gasteiger partial charge in [-0.15, -0.1) is 0 Å². The third kappa shape index (κ3) is 5.21. The number of benzene rings is 2. The van der Waals surface area contributed by atoms with Gasteiger partial charge in [0.15, 0.2) is 0 Å². The Morgan fingerprint density at radius 2 is 1.97 bits per heavy atom. The van der Waals surface area contributed by atoms with Gasteiger partial charge in [-0.3, -0.25) is 4.79 Å². The lowest BCUT2D eigenvalue weighted by Gasteiger charge is -2.34. The lowest BCUT2D eigenvalue weighted by molar-refractivity contribution is -0.135. The Balaban J connectivity index is 1.40. The van der Waals surface area contributed by atoms with Gasteiger partial charge in [0.05, 0.1) is 31.5 Å². The van der Waals surface area contributed by atoms with Crippen molar-refractivity contribution >= 4 is 45.8 Å². The van der Waals surface area contributed by atoms with Gasteiger partial charge in [0.1, 0.15) is 11.6 Å². The number of carbonyl (C=O) groups excluding carboxylic acids is 2. The quantitative estimate of drug-likeness (QED) is 0.337. The first-order chi connectivity index (χ1) is 18.8. The molecule has 1 atom stereocenters. The lowest BCUT2D eigenvalue weighted by Crippen LogP contribution is -2.39. The molecule has 3 aromatic rings. The van der Waals surface area contributed by atoms with Gasteiger partial charge < -0.3 is 24.2 Å². The molecule has 5 rings (SSSR count). The maximum Gasteiger partial charge on any atom is 0.330 e. The fraction of sp³-hybridized carbons (Fsp3) is 0.357. The molecule has 0 saturated carbocycles. The van der Waals surface area contributed by atoms with Crippen LogP contribution in [0.5, 0.6) is 6.01 Å². The zero-order chi connectivity index (χ0) is 27.7. The van der Waals surface area contributed by atoms with E-state index in [1.807, 2.05) is 25.2 Å². The summed E-state index contributed by atoms with van der Waals surface area (Å²) in [6.45, 7) is 2.21. The van der Waals surface area contributed by atoms with Crippen LogP contribution in [0.2, 0.25) is 5.02 Å². The summed E-state index contributed by atoms with van der Waals surface area (Å²) in [6.07, 6.45) is 3.79. The molecular weight excluding hydrogens is 525 g/mol. The fourth-order valence-electron chi connectivity index (χ4n) is 5.28. The number of carbonyl (C=O) groups is 2. The topological polar surface area (TPSA) is 88.1 Å². The first-order valence-corrected chi connectivity index (χ1v) is 13.0. The van der Waals surface area contributed by atoms with Crippen LogP contribution in [0.4, 0.5) is 15.9 Å². The third-order valence-electron chi connectivity index (χ3n) is 7.38. The Kier molecular flexibility index (Phi) is 7.56. The second kappa shape index (κ2) is 11.1. The van der Waals surface area contributed by atoms with Gasteiger partial charge in [-0.05, 0) is 30.4 Å². The summed E-state index contributed by atoms with van der Waals surface area (Å²) in [5, 5.41) is 1.65. The molecule has 0 N–H and O–H groups in total. The number of ether oxygens (including phenoxy) is 2. The van der Waals surface area contributed by atoms with E-state index in [1.165, 1.54) is 26.4 Å². The van der Waals surface area contributed by atoms with Crippen LogP contribution < -0.4 is 14.5 Å². The van der Waals surface area contributed by atoms with E-state index in [1.54, 1.807) is 11.0 Å². The molecule has 2 aliphatic rings. The largest absolute Gasteiger partial charge is 0.467 e. The number of hydrogen-bond acceptors (Lipinski definition) is 8. The number of fused-ring (bicyclic) bond motifs is 2. The van der Waals surface area contributed by atoms with Crippen LogP contribution in [-0.4, -0.2) is 73.7 Å². The number of rotatable bonds is 6. The molecule has 3 heterocycles. The maximum absolute atomic E-state index is 14.4. The standard InChI is InChI=1S/C28H29ClFN5O4/c1-33(18-11-13-35(15-18)23(36)9-10-24(37)38-2)27-19-12-14-34(16-21(19)31-28(32-27)39-3)22-6-4-5-17-7-8-20(30)26(29)25(17)22/h4-10,18H,11-16H2,1-3H3/b10-9+. The van der Waals surface area contributed by atoms with Crippen LogP contribution in [0.25, 0.3) is 10.8 Å². The highest BCUT2D eigenvalue weighted by molar-refractivity contribution is 6.36. The van der Waals surface area contributed by atoms with Gasteiger partial charge in [-0.1, -0.05) is 29.8 Å². The molecule has 0 bridgehead atoms. The van der Waals surface area contributed by atoms with Crippen molar-refractivity contribution in [2.24, 2.45) is 0 Å². The van der Waals surface area contributed by atoms with Gasteiger partial charge >= 0.3 is 12.0 Å². The van der Waals surface area contributed by atoms with Crippen molar-refractivity contribution in [2.45, 2.75) is 25.4 Å². The molecule has 204 valence electrons. The molecule has 0 radical (unpaired) electrons. The van der Waals surface area contributed by atoms with E-state index in [0.717, 1.165) is 40.6 Å². The number of amides is 1. The molecule has 0 spiro atoms. The summed E-state index contributed by atoms with van der Waals surface area (Å²) in [4.78, 5) is 39.2. The van der Waals surface area contributed by atoms with Gasteiger partial charge in [0.2, 0.25) is 5.91 Å². The van der Waals surface area contributed by atoms with E-state index < -0.39 is 11.8 Å². The zero-order valence-electron chi connectivity index (χ0n) is 22.0. The molecule has 1 unspecified atom stereocenters. The van der Waals surface area contributed by atoms with E-state index in [-0.39, 0.29) is 23.0 Å². The summed E-state index contributed by atoms with van der Waals surface area (Å²) in [7, 11) is 4.76. The highest BCUT2D eigenvalue weighted by atomic mass is 35.5. The minimum atomic E-state index is -0.569. The van der Waals surface area contributed by atoms with E-state index >= 15 is 0 Å². The molecule has 2 aliphatic heterocycles. The predicted molar refractivity (Wildman–Crippen MR) is 147 cm³/mol. The number of likely N-dealkylation sites (N-methyl/N-ethyl adjacent to an activating group) is 1. The van der Waals surface area contributed by atoms with Crippen LogP contribution in [0, 0.1) is 5.82 Å². The number of anilines is 2. The summed E-state index contributed by atoms with van der Waals surface area (Å²) >= 11 is 6.41. The number of aromatic nitrogens is 2. The van der Waals surface area contributed by atoms with Crippen molar-refractivity contribution in [1.82, 2.24) is 14.9 Å². The van der Waals surface area contributed by atoms with Gasteiger partial charge in [0.25, 0.3) is 0 Å². The molecule has 0 aliphatic carbocycles. The van der Waals surface area contributed by atoms with Crippen LogP contribution in [-0.2, 0) is 27.3 Å². The Morgan fingerprint density at radius 3 is 2.74 bits per heavy atom. The van der Waals surface area contributed by atoms with Crippen molar-refractivity contribution in [3.63, 3.8) is 0 Å². The normalized spacial score (nSPS) is 17.0. The number of hydrogen-bond donors (Lipinski definition) is 0. The second-order valence-electron chi connectivity index (χ2n) is 9.56. The van der Waals surface area contributed by atoms with Crippen LogP contribution in [0.15, 0.2) is 42.5 Å². The van der Waals surface area contributed by atoms with E-state index in [9.17, 15) is 14.0 Å². The number of likely N-dealkylation sites (tertiary alicyclic amines) is 1. The first-order valence-electron chi connectivity index (χ1n) is 12.6. The number of halogens is 2. The van der Waals surface area contributed by atoms with Gasteiger partial charge in [0, 0.05) is 61.5 Å². The maximum atomic E-state index is 14.4. The smallest absolute Gasteiger partial charge is 0.330 e. The third-order valence-corrected chi connectivity index (χ3v) is 7.75. The summed E-state index contributed by atoms with van der Waals surface area (Å²) in [5.74, 6) is -0.491. The number of esters is 1. The number of nitrogens with zero attached hydrogens (tertiary/aromatic N) is 5. The summed E-state index contributed by atoms with van der Waals surface area (Å²) < 4.78 is 24.4. The molecule has 1 amide bonds. The average Bonchev–Trinajstić information content (AvgIpc) is 3.46.